The number of nitrogens with one attached hydrogen (secondary N) is 2. The molecule has 150 valence electrons. The highest BCUT2D eigenvalue weighted by Crippen LogP contribution is 2.49. The number of hydrogen-bond acceptors (Lipinski definition) is 7. The first-order valence-electron chi connectivity index (χ1n) is 9.46. The SMILES string of the molecule is C[C@@H](O)Cn1cc(Nc2ncc(Cl)c(N[C@@H]3[C@H]4CC[C@H](C4)[C@@H]3C(N)=O)n2)cn1. The maximum atomic E-state index is 11.9. The Morgan fingerprint density at radius 3 is 2.96 bits per heavy atom. The highest BCUT2D eigenvalue weighted by molar-refractivity contribution is 6.32. The number of carbonyl (C=O) groups is 1. The summed E-state index contributed by atoms with van der Waals surface area (Å²) in [5.74, 6) is 1.14. The van der Waals surface area contributed by atoms with E-state index >= 15 is 0 Å². The molecule has 4 rings (SSSR count). The van der Waals surface area contributed by atoms with Crippen molar-refractivity contribution in [2.45, 2.75) is 44.9 Å². The molecule has 2 fully saturated rings. The molecule has 2 aliphatic rings. The average Bonchev–Trinajstić information content (AvgIpc) is 3.33. The zero-order chi connectivity index (χ0) is 19.8. The minimum atomic E-state index is -0.490. The van der Waals surface area contributed by atoms with Gasteiger partial charge in [0, 0.05) is 12.2 Å². The summed E-state index contributed by atoms with van der Waals surface area (Å²) in [5.41, 5.74) is 6.35. The van der Waals surface area contributed by atoms with Crippen LogP contribution in [0, 0.1) is 17.8 Å². The van der Waals surface area contributed by atoms with Crippen LogP contribution in [0.3, 0.4) is 0 Å². The fourth-order valence-electron chi connectivity index (χ4n) is 4.52. The molecule has 0 radical (unpaired) electrons. The second-order valence-electron chi connectivity index (χ2n) is 7.75. The highest BCUT2D eigenvalue weighted by atomic mass is 35.5. The Labute approximate surface area is 167 Å². The molecular weight excluding hydrogens is 382 g/mol. The predicted octanol–water partition coefficient (Wildman–Crippen LogP) is 1.76. The van der Waals surface area contributed by atoms with Crippen molar-refractivity contribution in [2.24, 2.45) is 23.5 Å². The van der Waals surface area contributed by atoms with Gasteiger partial charge >= 0.3 is 0 Å². The summed E-state index contributed by atoms with van der Waals surface area (Å²) in [6.45, 7) is 2.10. The van der Waals surface area contributed by atoms with E-state index in [1.165, 1.54) is 6.20 Å². The molecule has 5 N–H and O–H groups in total. The van der Waals surface area contributed by atoms with Gasteiger partial charge in [-0.2, -0.15) is 10.1 Å². The number of primary amides is 1. The molecular formula is C18H24ClN7O2. The Bertz CT molecular complexity index is 871. The van der Waals surface area contributed by atoms with Crippen LogP contribution in [-0.2, 0) is 11.3 Å². The third-order valence-corrected chi connectivity index (χ3v) is 5.91. The van der Waals surface area contributed by atoms with Crippen molar-refractivity contribution >= 4 is 35.0 Å². The Morgan fingerprint density at radius 2 is 2.21 bits per heavy atom. The fourth-order valence-corrected chi connectivity index (χ4v) is 4.67. The van der Waals surface area contributed by atoms with E-state index in [4.69, 9.17) is 17.3 Å². The number of fused-ring (bicyclic) bond motifs is 2. The van der Waals surface area contributed by atoms with Crippen molar-refractivity contribution in [2.75, 3.05) is 10.6 Å². The number of amides is 1. The number of rotatable bonds is 7. The molecule has 5 atom stereocenters. The lowest BCUT2D eigenvalue weighted by Gasteiger charge is -2.30. The molecule has 2 aromatic rings. The van der Waals surface area contributed by atoms with Crippen LogP contribution >= 0.6 is 11.6 Å². The summed E-state index contributed by atoms with van der Waals surface area (Å²) in [5, 5.41) is 20.4. The molecule has 0 unspecified atom stereocenters. The molecule has 28 heavy (non-hydrogen) atoms. The van der Waals surface area contributed by atoms with Crippen LogP contribution in [0.25, 0.3) is 0 Å². The summed E-state index contributed by atoms with van der Waals surface area (Å²) in [6.07, 6.45) is 7.58. The van der Waals surface area contributed by atoms with Gasteiger partial charge < -0.3 is 21.5 Å². The molecule has 2 aromatic heterocycles. The van der Waals surface area contributed by atoms with Crippen LogP contribution in [0.2, 0.25) is 5.02 Å². The van der Waals surface area contributed by atoms with Gasteiger partial charge in [-0.1, -0.05) is 11.6 Å². The summed E-state index contributed by atoms with van der Waals surface area (Å²) >= 11 is 6.29. The molecule has 0 spiro atoms. The van der Waals surface area contributed by atoms with Gasteiger partial charge in [0.25, 0.3) is 0 Å². The van der Waals surface area contributed by atoms with Gasteiger partial charge in [0.15, 0.2) is 5.82 Å². The Hall–Kier alpha value is -2.39. The number of aliphatic hydroxyl groups is 1. The summed E-state index contributed by atoms with van der Waals surface area (Å²) in [7, 11) is 0. The molecule has 2 bridgehead atoms. The van der Waals surface area contributed by atoms with E-state index in [1.54, 1.807) is 24.0 Å². The van der Waals surface area contributed by atoms with Gasteiger partial charge in [0.2, 0.25) is 11.9 Å². The molecule has 0 aromatic carbocycles. The highest BCUT2D eigenvalue weighted by Gasteiger charge is 2.50. The Kier molecular flexibility index (Phi) is 5.11. The Morgan fingerprint density at radius 1 is 1.43 bits per heavy atom. The normalized spacial score (nSPS) is 27.0. The first kappa shape index (κ1) is 18.9. The smallest absolute Gasteiger partial charge is 0.229 e. The second kappa shape index (κ2) is 7.56. The van der Waals surface area contributed by atoms with Crippen molar-refractivity contribution in [1.29, 1.82) is 0 Å². The Balaban J connectivity index is 1.50. The zero-order valence-corrected chi connectivity index (χ0v) is 16.3. The number of nitrogens with two attached hydrogens (primary N) is 1. The third-order valence-electron chi connectivity index (χ3n) is 5.63. The number of anilines is 3. The van der Waals surface area contributed by atoms with Crippen molar-refractivity contribution in [3.8, 4) is 0 Å². The maximum absolute atomic E-state index is 11.9. The molecule has 1 amide bonds. The predicted molar refractivity (Wildman–Crippen MR) is 105 cm³/mol. The monoisotopic (exact) mass is 405 g/mol. The second-order valence-corrected chi connectivity index (χ2v) is 8.15. The standard InChI is InChI=1S/C18H24ClN7O2/c1-9(27)7-26-8-12(5-22-26)23-18-21-6-13(19)17(25-18)24-15-11-3-2-10(4-11)14(15)16(20)28/h5-6,8-11,14-15,27H,2-4,7H2,1H3,(H2,20,28)(H2,21,23,24,25)/t9-,10-,11+,14+,15-/m1/s1. The lowest BCUT2D eigenvalue weighted by atomic mass is 9.84. The molecule has 10 heteroatoms. The lowest BCUT2D eigenvalue weighted by Crippen LogP contribution is -2.42. The minimum Gasteiger partial charge on any atom is -0.391 e. The van der Waals surface area contributed by atoms with E-state index in [1.807, 2.05) is 0 Å². The number of halogens is 1. The van der Waals surface area contributed by atoms with Crippen molar-refractivity contribution < 1.29 is 9.90 Å². The van der Waals surface area contributed by atoms with Crippen LogP contribution in [0.4, 0.5) is 17.5 Å². The van der Waals surface area contributed by atoms with E-state index in [-0.39, 0.29) is 17.9 Å². The average molecular weight is 406 g/mol. The van der Waals surface area contributed by atoms with Crippen LogP contribution in [-0.4, -0.2) is 42.9 Å². The fraction of sp³-hybridized carbons (Fsp3) is 0.556. The van der Waals surface area contributed by atoms with Crippen molar-refractivity contribution in [3.63, 3.8) is 0 Å². The first-order valence-corrected chi connectivity index (χ1v) is 9.84. The van der Waals surface area contributed by atoms with Crippen molar-refractivity contribution in [3.05, 3.63) is 23.6 Å². The summed E-state index contributed by atoms with van der Waals surface area (Å²) in [4.78, 5) is 20.6. The van der Waals surface area contributed by atoms with Crippen molar-refractivity contribution in [1.82, 2.24) is 19.7 Å². The molecule has 0 saturated heterocycles. The quantitative estimate of drug-likeness (QED) is 0.552. The van der Waals surface area contributed by atoms with Gasteiger partial charge in [0.05, 0.1) is 36.6 Å². The number of hydrogen-bond donors (Lipinski definition) is 4. The van der Waals surface area contributed by atoms with Crippen LogP contribution in [0.5, 0.6) is 0 Å². The van der Waals surface area contributed by atoms with Crippen LogP contribution < -0.4 is 16.4 Å². The topological polar surface area (TPSA) is 131 Å². The lowest BCUT2D eigenvalue weighted by molar-refractivity contribution is -0.123. The number of carbonyl (C=O) groups excluding carboxylic acids is 1. The third kappa shape index (κ3) is 3.77. The molecule has 0 aliphatic heterocycles. The van der Waals surface area contributed by atoms with Gasteiger partial charge in [-0.3, -0.25) is 9.48 Å². The number of aromatic nitrogens is 4. The molecule has 2 aliphatic carbocycles. The van der Waals surface area contributed by atoms with E-state index in [0.717, 1.165) is 19.3 Å². The van der Waals surface area contributed by atoms with Gasteiger partial charge in [-0.15, -0.1) is 0 Å². The summed E-state index contributed by atoms with van der Waals surface area (Å²) in [6, 6.07) is -0.0507. The van der Waals surface area contributed by atoms with Gasteiger partial charge in [-0.05, 0) is 38.0 Å². The van der Waals surface area contributed by atoms with E-state index < -0.39 is 6.10 Å². The van der Waals surface area contributed by atoms with Gasteiger partial charge in [-0.25, -0.2) is 4.98 Å². The van der Waals surface area contributed by atoms with E-state index in [0.29, 0.717) is 40.9 Å². The van der Waals surface area contributed by atoms with E-state index in [9.17, 15) is 9.90 Å². The minimum absolute atomic E-state index is 0.0507. The van der Waals surface area contributed by atoms with E-state index in [2.05, 4.69) is 25.7 Å². The molecule has 2 saturated carbocycles. The van der Waals surface area contributed by atoms with Crippen LogP contribution in [0.15, 0.2) is 18.6 Å². The van der Waals surface area contributed by atoms with Crippen LogP contribution in [0.1, 0.15) is 26.2 Å². The van der Waals surface area contributed by atoms with Gasteiger partial charge in [0.1, 0.15) is 5.02 Å². The number of aliphatic hydroxyl groups excluding tert-OH is 1. The first-order chi connectivity index (χ1) is 13.4. The number of nitrogens with zero attached hydrogens (tertiary/aromatic N) is 4. The summed E-state index contributed by atoms with van der Waals surface area (Å²) < 4.78 is 1.63. The molecule has 9 nitrogen and oxygen atoms in total. The maximum Gasteiger partial charge on any atom is 0.229 e. The zero-order valence-electron chi connectivity index (χ0n) is 15.5. The molecule has 2 heterocycles. The largest absolute Gasteiger partial charge is 0.391 e.